The fourth-order valence-corrected chi connectivity index (χ4v) is 3.11. The Morgan fingerprint density at radius 3 is 3.05 bits per heavy atom. The predicted molar refractivity (Wildman–Crippen MR) is 83.7 cm³/mol. The molecule has 0 saturated heterocycles. The first kappa shape index (κ1) is 11.4. The first-order valence-corrected chi connectivity index (χ1v) is 7.22. The standard InChI is InChI=1S/C15H12N4S/c1-9-6-10-7-11(2-3-13(10)18-9)19-14-12-4-5-20-15(12)17-8-16-14/h2-8,18H,1H3,(H,16,17,19). The maximum Gasteiger partial charge on any atom is 0.142 e. The van der Waals surface area contributed by atoms with Gasteiger partial charge in [-0.25, -0.2) is 9.97 Å². The number of hydrogen-bond donors (Lipinski definition) is 2. The number of aromatic amines is 1. The van der Waals surface area contributed by atoms with E-state index in [0.29, 0.717) is 0 Å². The summed E-state index contributed by atoms with van der Waals surface area (Å²) in [6.45, 7) is 2.06. The van der Waals surface area contributed by atoms with Crippen molar-refractivity contribution in [1.29, 1.82) is 0 Å². The maximum absolute atomic E-state index is 4.34. The fourth-order valence-electron chi connectivity index (χ4n) is 2.38. The van der Waals surface area contributed by atoms with Crippen LogP contribution < -0.4 is 5.32 Å². The minimum atomic E-state index is 0.850. The van der Waals surface area contributed by atoms with Crippen molar-refractivity contribution in [2.45, 2.75) is 6.92 Å². The van der Waals surface area contributed by atoms with E-state index in [4.69, 9.17) is 0 Å². The maximum atomic E-state index is 4.34. The second-order valence-electron chi connectivity index (χ2n) is 4.74. The number of thiophene rings is 1. The van der Waals surface area contributed by atoms with Gasteiger partial charge in [-0.15, -0.1) is 11.3 Å². The molecule has 1 aromatic carbocycles. The van der Waals surface area contributed by atoms with Crippen molar-refractivity contribution in [1.82, 2.24) is 15.0 Å². The molecular weight excluding hydrogens is 268 g/mol. The lowest BCUT2D eigenvalue weighted by molar-refractivity contribution is 1.23. The summed E-state index contributed by atoms with van der Waals surface area (Å²) in [7, 11) is 0. The van der Waals surface area contributed by atoms with Crippen molar-refractivity contribution in [2.75, 3.05) is 5.32 Å². The van der Waals surface area contributed by atoms with Crippen LogP contribution in [-0.2, 0) is 0 Å². The molecule has 0 radical (unpaired) electrons. The van der Waals surface area contributed by atoms with E-state index in [0.717, 1.165) is 27.2 Å². The first-order valence-electron chi connectivity index (χ1n) is 6.34. The number of aromatic nitrogens is 3. The molecule has 0 atom stereocenters. The van der Waals surface area contributed by atoms with Crippen LogP contribution in [0, 0.1) is 6.92 Å². The third-order valence-electron chi connectivity index (χ3n) is 3.28. The zero-order valence-electron chi connectivity index (χ0n) is 10.8. The highest BCUT2D eigenvalue weighted by Gasteiger charge is 2.06. The molecule has 5 heteroatoms. The van der Waals surface area contributed by atoms with E-state index in [9.17, 15) is 0 Å². The van der Waals surface area contributed by atoms with Gasteiger partial charge in [0.25, 0.3) is 0 Å². The number of nitrogens with one attached hydrogen (secondary N) is 2. The normalized spacial score (nSPS) is 11.2. The van der Waals surface area contributed by atoms with E-state index in [1.807, 2.05) is 11.4 Å². The third kappa shape index (κ3) is 1.83. The lowest BCUT2D eigenvalue weighted by atomic mass is 10.2. The number of nitrogens with zero attached hydrogens (tertiary/aromatic N) is 2. The van der Waals surface area contributed by atoms with E-state index >= 15 is 0 Å². The molecule has 98 valence electrons. The van der Waals surface area contributed by atoms with Crippen LogP contribution in [-0.4, -0.2) is 15.0 Å². The van der Waals surface area contributed by atoms with E-state index in [1.54, 1.807) is 17.7 Å². The predicted octanol–water partition coefficient (Wildman–Crippen LogP) is 4.22. The second kappa shape index (κ2) is 4.31. The van der Waals surface area contributed by atoms with Crippen molar-refractivity contribution in [3.8, 4) is 0 Å². The third-order valence-corrected chi connectivity index (χ3v) is 4.10. The summed E-state index contributed by atoms with van der Waals surface area (Å²) >= 11 is 1.62. The Kier molecular flexibility index (Phi) is 2.47. The smallest absolute Gasteiger partial charge is 0.142 e. The molecule has 4 nitrogen and oxygen atoms in total. The van der Waals surface area contributed by atoms with Crippen LogP contribution in [0.3, 0.4) is 0 Å². The van der Waals surface area contributed by atoms with Crippen LogP contribution in [0.1, 0.15) is 5.69 Å². The molecule has 0 saturated carbocycles. The molecule has 0 fully saturated rings. The molecule has 2 N–H and O–H groups in total. The SMILES string of the molecule is Cc1cc2cc(Nc3ncnc4sccc34)ccc2[nH]1. The van der Waals surface area contributed by atoms with Gasteiger partial charge in [0.1, 0.15) is 17.0 Å². The minimum Gasteiger partial charge on any atom is -0.359 e. The number of H-pyrrole nitrogens is 1. The van der Waals surface area contributed by atoms with Crippen molar-refractivity contribution in [3.05, 3.63) is 47.7 Å². The van der Waals surface area contributed by atoms with E-state index in [-0.39, 0.29) is 0 Å². The molecular formula is C15H12N4S. The topological polar surface area (TPSA) is 53.6 Å². The van der Waals surface area contributed by atoms with E-state index < -0.39 is 0 Å². The lowest BCUT2D eigenvalue weighted by Gasteiger charge is -2.06. The summed E-state index contributed by atoms with van der Waals surface area (Å²) in [6, 6.07) is 10.4. The van der Waals surface area contributed by atoms with Gasteiger partial charge in [0.05, 0.1) is 5.39 Å². The van der Waals surface area contributed by atoms with Gasteiger partial charge in [-0.05, 0) is 42.6 Å². The Bertz CT molecular complexity index is 906. The Labute approximate surface area is 119 Å². The monoisotopic (exact) mass is 280 g/mol. The molecule has 20 heavy (non-hydrogen) atoms. The fraction of sp³-hybridized carbons (Fsp3) is 0.0667. The number of hydrogen-bond acceptors (Lipinski definition) is 4. The van der Waals surface area contributed by atoms with Gasteiger partial charge in [-0.3, -0.25) is 0 Å². The molecule has 0 unspecified atom stereocenters. The number of aryl methyl sites for hydroxylation is 1. The van der Waals surface area contributed by atoms with Gasteiger partial charge in [0.15, 0.2) is 0 Å². The second-order valence-corrected chi connectivity index (χ2v) is 5.64. The summed E-state index contributed by atoms with van der Waals surface area (Å²) < 4.78 is 0. The molecule has 4 aromatic rings. The summed E-state index contributed by atoms with van der Waals surface area (Å²) in [5.41, 5.74) is 3.35. The summed E-state index contributed by atoms with van der Waals surface area (Å²) in [5.74, 6) is 0.850. The van der Waals surface area contributed by atoms with E-state index in [2.05, 4.69) is 51.5 Å². The average Bonchev–Trinajstić information content (AvgIpc) is 3.03. The lowest BCUT2D eigenvalue weighted by Crippen LogP contribution is -1.94. The van der Waals surface area contributed by atoms with Gasteiger partial charge in [-0.2, -0.15) is 0 Å². The summed E-state index contributed by atoms with van der Waals surface area (Å²) in [6.07, 6.45) is 1.60. The highest BCUT2D eigenvalue weighted by Crippen LogP contribution is 2.27. The number of fused-ring (bicyclic) bond motifs is 2. The molecule has 0 aliphatic rings. The van der Waals surface area contributed by atoms with Crippen LogP contribution >= 0.6 is 11.3 Å². The zero-order valence-corrected chi connectivity index (χ0v) is 11.7. The van der Waals surface area contributed by atoms with Gasteiger partial charge in [-0.1, -0.05) is 0 Å². The highest BCUT2D eigenvalue weighted by atomic mass is 32.1. The largest absolute Gasteiger partial charge is 0.359 e. The van der Waals surface area contributed by atoms with Crippen LogP contribution in [0.2, 0.25) is 0 Å². The Hall–Kier alpha value is -2.40. The van der Waals surface area contributed by atoms with Gasteiger partial charge in [0, 0.05) is 22.3 Å². The van der Waals surface area contributed by atoms with Crippen LogP contribution in [0.4, 0.5) is 11.5 Å². The van der Waals surface area contributed by atoms with Gasteiger partial charge >= 0.3 is 0 Å². The van der Waals surface area contributed by atoms with Crippen LogP contribution in [0.5, 0.6) is 0 Å². The van der Waals surface area contributed by atoms with Crippen molar-refractivity contribution >= 4 is 44.0 Å². The number of rotatable bonds is 2. The molecule has 0 aliphatic heterocycles. The Morgan fingerprint density at radius 2 is 2.10 bits per heavy atom. The molecule has 3 heterocycles. The van der Waals surface area contributed by atoms with Crippen molar-refractivity contribution in [2.24, 2.45) is 0 Å². The Balaban J connectivity index is 1.78. The molecule has 0 bridgehead atoms. The highest BCUT2D eigenvalue weighted by molar-refractivity contribution is 7.16. The molecule has 0 spiro atoms. The summed E-state index contributed by atoms with van der Waals surface area (Å²) in [5, 5.41) is 7.66. The molecule has 0 aliphatic carbocycles. The van der Waals surface area contributed by atoms with Crippen molar-refractivity contribution < 1.29 is 0 Å². The Morgan fingerprint density at radius 1 is 1.15 bits per heavy atom. The van der Waals surface area contributed by atoms with Crippen LogP contribution in [0.25, 0.3) is 21.1 Å². The molecule has 3 aromatic heterocycles. The number of benzene rings is 1. The van der Waals surface area contributed by atoms with Crippen molar-refractivity contribution in [3.63, 3.8) is 0 Å². The molecule has 4 rings (SSSR count). The number of anilines is 2. The minimum absolute atomic E-state index is 0.850. The van der Waals surface area contributed by atoms with E-state index in [1.165, 1.54) is 11.1 Å². The quantitative estimate of drug-likeness (QED) is 0.578. The molecule has 0 amide bonds. The average molecular weight is 280 g/mol. The van der Waals surface area contributed by atoms with Crippen LogP contribution in [0.15, 0.2) is 42.0 Å². The first-order chi connectivity index (χ1) is 9.79. The summed E-state index contributed by atoms with van der Waals surface area (Å²) in [4.78, 5) is 12.9. The van der Waals surface area contributed by atoms with Gasteiger partial charge < -0.3 is 10.3 Å². The zero-order chi connectivity index (χ0) is 13.5. The van der Waals surface area contributed by atoms with Gasteiger partial charge in [0.2, 0.25) is 0 Å².